The molecule has 1 fully saturated rings. The topological polar surface area (TPSA) is 67.2 Å². The Morgan fingerprint density at radius 2 is 1.92 bits per heavy atom. The van der Waals surface area contributed by atoms with E-state index in [-0.39, 0.29) is 5.91 Å². The van der Waals surface area contributed by atoms with Crippen LogP contribution in [0.4, 0.5) is 5.82 Å². The molecule has 0 unspecified atom stereocenters. The smallest absolute Gasteiger partial charge is 0.246 e. The number of aryl methyl sites for hydroxylation is 1. The fraction of sp³-hybridized carbons (Fsp3) is 0.474. The molecule has 2 aliphatic rings. The number of nitrogens with zero attached hydrogens (tertiary/aromatic N) is 6. The van der Waals surface area contributed by atoms with Crippen molar-refractivity contribution in [2.75, 3.05) is 31.1 Å². The van der Waals surface area contributed by atoms with Crippen LogP contribution in [0.2, 0.25) is 0 Å². The summed E-state index contributed by atoms with van der Waals surface area (Å²) in [5.41, 5.74) is 3.25. The van der Waals surface area contributed by atoms with Gasteiger partial charge in [0.05, 0.1) is 11.9 Å². The first-order valence-corrected chi connectivity index (χ1v) is 9.24. The molecular formula is C19H24N6O. The number of carbonyl (C=O) groups is 1. The third-order valence-corrected chi connectivity index (χ3v) is 5.12. The van der Waals surface area contributed by atoms with Crippen molar-refractivity contribution in [2.45, 2.75) is 25.7 Å². The van der Waals surface area contributed by atoms with Gasteiger partial charge in [-0.3, -0.25) is 9.48 Å². The number of fused-ring (bicyclic) bond motifs is 1. The second-order valence-electron chi connectivity index (χ2n) is 6.92. The van der Waals surface area contributed by atoms with Crippen LogP contribution in [0, 0.1) is 0 Å². The molecule has 7 heteroatoms. The lowest BCUT2D eigenvalue weighted by atomic mass is 10.1. The molecule has 0 N–H and O–H groups in total. The molecule has 0 radical (unpaired) electrons. The minimum Gasteiger partial charge on any atom is -0.356 e. The second-order valence-corrected chi connectivity index (χ2v) is 6.92. The summed E-state index contributed by atoms with van der Waals surface area (Å²) in [5, 5.41) is 4.12. The first kappa shape index (κ1) is 16.8. The van der Waals surface area contributed by atoms with E-state index in [1.807, 2.05) is 24.2 Å². The van der Waals surface area contributed by atoms with Crippen LogP contribution >= 0.6 is 0 Å². The molecule has 2 aliphatic heterocycles. The van der Waals surface area contributed by atoms with E-state index in [2.05, 4.69) is 20.0 Å². The summed E-state index contributed by atoms with van der Waals surface area (Å²) >= 11 is 0. The van der Waals surface area contributed by atoms with Gasteiger partial charge in [0.15, 0.2) is 0 Å². The van der Waals surface area contributed by atoms with E-state index in [1.165, 1.54) is 18.4 Å². The van der Waals surface area contributed by atoms with E-state index in [0.717, 1.165) is 43.0 Å². The Kier molecular flexibility index (Phi) is 4.69. The summed E-state index contributed by atoms with van der Waals surface area (Å²) in [4.78, 5) is 25.9. The first-order chi connectivity index (χ1) is 12.7. The molecule has 0 aliphatic carbocycles. The lowest BCUT2D eigenvalue weighted by Gasteiger charge is -2.21. The van der Waals surface area contributed by atoms with Gasteiger partial charge >= 0.3 is 0 Å². The molecule has 7 nitrogen and oxygen atoms in total. The summed E-state index contributed by atoms with van der Waals surface area (Å²) in [6.45, 7) is 3.54. The molecule has 136 valence electrons. The van der Waals surface area contributed by atoms with E-state index in [1.54, 1.807) is 23.3 Å². The van der Waals surface area contributed by atoms with Crippen LogP contribution in [0.25, 0.3) is 6.08 Å². The Bertz CT molecular complexity index is 821. The number of anilines is 1. The van der Waals surface area contributed by atoms with Crippen molar-refractivity contribution >= 4 is 17.8 Å². The van der Waals surface area contributed by atoms with Crippen LogP contribution in [-0.2, 0) is 24.7 Å². The van der Waals surface area contributed by atoms with Crippen molar-refractivity contribution in [3.8, 4) is 0 Å². The predicted molar refractivity (Wildman–Crippen MR) is 99.7 cm³/mol. The average Bonchev–Trinajstić information content (AvgIpc) is 3.27. The van der Waals surface area contributed by atoms with Gasteiger partial charge in [-0.25, -0.2) is 9.97 Å². The zero-order chi connectivity index (χ0) is 17.9. The lowest BCUT2D eigenvalue weighted by Crippen LogP contribution is -2.31. The predicted octanol–water partition coefficient (Wildman–Crippen LogP) is 1.45. The van der Waals surface area contributed by atoms with Crippen molar-refractivity contribution in [1.29, 1.82) is 0 Å². The van der Waals surface area contributed by atoms with Crippen LogP contribution in [0.3, 0.4) is 0 Å². The molecule has 0 bridgehead atoms. The molecule has 0 saturated carbocycles. The van der Waals surface area contributed by atoms with E-state index in [9.17, 15) is 4.79 Å². The van der Waals surface area contributed by atoms with Crippen LogP contribution in [0.1, 0.15) is 29.7 Å². The monoisotopic (exact) mass is 352 g/mol. The van der Waals surface area contributed by atoms with Crippen LogP contribution < -0.4 is 4.90 Å². The molecule has 1 amide bonds. The fourth-order valence-corrected chi connectivity index (χ4v) is 3.73. The van der Waals surface area contributed by atoms with Gasteiger partial charge in [0, 0.05) is 63.0 Å². The summed E-state index contributed by atoms with van der Waals surface area (Å²) < 4.78 is 1.73. The SMILES string of the molecule is Cn1cc(C=CC(=O)N2CCc3ncnc(N4CCCC4)c3CC2)cn1. The van der Waals surface area contributed by atoms with Crippen molar-refractivity contribution in [3.05, 3.63) is 41.6 Å². The Balaban J connectivity index is 1.47. The van der Waals surface area contributed by atoms with Gasteiger partial charge in [-0.1, -0.05) is 0 Å². The third kappa shape index (κ3) is 3.47. The Labute approximate surface area is 153 Å². The fourth-order valence-electron chi connectivity index (χ4n) is 3.73. The van der Waals surface area contributed by atoms with Crippen LogP contribution in [0.15, 0.2) is 24.8 Å². The number of rotatable bonds is 3. The minimum atomic E-state index is 0.0392. The third-order valence-electron chi connectivity index (χ3n) is 5.12. The molecule has 26 heavy (non-hydrogen) atoms. The average molecular weight is 352 g/mol. The molecule has 2 aromatic heterocycles. The molecule has 4 rings (SSSR count). The highest BCUT2D eigenvalue weighted by molar-refractivity contribution is 5.91. The van der Waals surface area contributed by atoms with Crippen LogP contribution in [-0.4, -0.2) is 56.7 Å². The number of carbonyl (C=O) groups excluding carboxylic acids is 1. The van der Waals surface area contributed by atoms with Gasteiger partial charge in [-0.15, -0.1) is 0 Å². The van der Waals surface area contributed by atoms with Crippen molar-refractivity contribution < 1.29 is 4.79 Å². The van der Waals surface area contributed by atoms with Crippen molar-refractivity contribution in [2.24, 2.45) is 7.05 Å². The molecule has 2 aromatic rings. The normalized spacial score (nSPS) is 17.6. The lowest BCUT2D eigenvalue weighted by molar-refractivity contribution is -0.125. The number of hydrogen-bond donors (Lipinski definition) is 0. The summed E-state index contributed by atoms with van der Waals surface area (Å²) in [6.07, 6.45) is 12.8. The maximum absolute atomic E-state index is 12.6. The number of amides is 1. The first-order valence-electron chi connectivity index (χ1n) is 9.24. The minimum absolute atomic E-state index is 0.0392. The van der Waals surface area contributed by atoms with Crippen molar-refractivity contribution in [3.63, 3.8) is 0 Å². The van der Waals surface area contributed by atoms with Gasteiger partial charge in [0.2, 0.25) is 5.91 Å². The van der Waals surface area contributed by atoms with Crippen molar-refractivity contribution in [1.82, 2.24) is 24.6 Å². The molecule has 4 heterocycles. The van der Waals surface area contributed by atoms with Gasteiger partial charge in [0.25, 0.3) is 0 Å². The highest BCUT2D eigenvalue weighted by Crippen LogP contribution is 2.26. The van der Waals surface area contributed by atoms with Gasteiger partial charge in [0.1, 0.15) is 12.1 Å². The highest BCUT2D eigenvalue weighted by Gasteiger charge is 2.24. The second kappa shape index (κ2) is 7.27. The van der Waals surface area contributed by atoms with Gasteiger partial charge in [-0.2, -0.15) is 5.10 Å². The highest BCUT2D eigenvalue weighted by atomic mass is 16.2. The molecule has 0 spiro atoms. The summed E-state index contributed by atoms with van der Waals surface area (Å²) in [6, 6.07) is 0. The zero-order valence-electron chi connectivity index (χ0n) is 15.1. The van der Waals surface area contributed by atoms with E-state index in [0.29, 0.717) is 13.1 Å². The number of hydrogen-bond acceptors (Lipinski definition) is 5. The maximum atomic E-state index is 12.6. The van der Waals surface area contributed by atoms with Gasteiger partial charge in [-0.05, 0) is 25.3 Å². The maximum Gasteiger partial charge on any atom is 0.246 e. The number of aromatic nitrogens is 4. The largest absolute Gasteiger partial charge is 0.356 e. The standard InChI is InChI=1S/C19H24N6O/c1-23-13-15(12-22-23)4-5-18(26)24-10-6-16-17(7-11-24)20-14-21-19(16)25-8-2-3-9-25/h4-5,12-14H,2-3,6-11H2,1H3. The summed E-state index contributed by atoms with van der Waals surface area (Å²) in [5.74, 6) is 1.12. The van der Waals surface area contributed by atoms with E-state index >= 15 is 0 Å². The Morgan fingerprint density at radius 3 is 2.69 bits per heavy atom. The zero-order valence-corrected chi connectivity index (χ0v) is 15.1. The molecule has 0 aromatic carbocycles. The van der Waals surface area contributed by atoms with E-state index in [4.69, 9.17) is 0 Å². The Morgan fingerprint density at radius 1 is 1.12 bits per heavy atom. The Hall–Kier alpha value is -2.70. The molecular weight excluding hydrogens is 328 g/mol. The summed E-state index contributed by atoms with van der Waals surface area (Å²) in [7, 11) is 1.87. The quantitative estimate of drug-likeness (QED) is 0.782. The van der Waals surface area contributed by atoms with E-state index < -0.39 is 0 Å². The molecule has 1 saturated heterocycles. The van der Waals surface area contributed by atoms with Crippen LogP contribution in [0.5, 0.6) is 0 Å². The van der Waals surface area contributed by atoms with Gasteiger partial charge < -0.3 is 9.80 Å². The molecule has 0 atom stereocenters.